The summed E-state index contributed by atoms with van der Waals surface area (Å²) in [5.74, 6) is 0.307. The van der Waals surface area contributed by atoms with Gasteiger partial charge in [-0.25, -0.2) is 12.7 Å². The highest BCUT2D eigenvalue weighted by Gasteiger charge is 2.69. The van der Waals surface area contributed by atoms with Crippen molar-refractivity contribution in [3.05, 3.63) is 12.7 Å². The van der Waals surface area contributed by atoms with Gasteiger partial charge in [0.15, 0.2) is 0 Å². The van der Waals surface area contributed by atoms with Gasteiger partial charge in [0.1, 0.15) is 0 Å². The van der Waals surface area contributed by atoms with E-state index in [1.807, 2.05) is 0 Å². The number of aliphatic hydroxyl groups excluding tert-OH is 1. The molecule has 6 heteroatoms. The monoisotopic (exact) mass is 369 g/mol. The zero-order chi connectivity index (χ0) is 18.6. The Morgan fingerprint density at radius 3 is 2.68 bits per heavy atom. The van der Waals surface area contributed by atoms with Crippen molar-refractivity contribution in [2.75, 3.05) is 5.75 Å². The van der Waals surface area contributed by atoms with Crippen molar-refractivity contribution in [1.82, 2.24) is 4.31 Å². The molecule has 0 aromatic rings. The van der Waals surface area contributed by atoms with Gasteiger partial charge in [-0.05, 0) is 49.9 Å². The van der Waals surface area contributed by atoms with Crippen molar-refractivity contribution in [2.24, 2.45) is 29.1 Å². The number of rotatable bonds is 6. The first-order valence-corrected chi connectivity index (χ1v) is 11.1. The normalized spacial score (nSPS) is 38.0. The van der Waals surface area contributed by atoms with Gasteiger partial charge in [0.25, 0.3) is 0 Å². The van der Waals surface area contributed by atoms with E-state index >= 15 is 0 Å². The van der Waals surface area contributed by atoms with Crippen LogP contribution in [0.4, 0.5) is 0 Å². The topological polar surface area (TPSA) is 74.7 Å². The van der Waals surface area contributed by atoms with Gasteiger partial charge >= 0.3 is 0 Å². The predicted molar refractivity (Wildman–Crippen MR) is 97.1 cm³/mol. The number of fused-ring (bicyclic) bond motifs is 1. The lowest BCUT2D eigenvalue weighted by Crippen LogP contribution is -2.47. The van der Waals surface area contributed by atoms with Gasteiger partial charge in [0.2, 0.25) is 15.9 Å². The summed E-state index contributed by atoms with van der Waals surface area (Å²) in [7, 11) is -3.60. The van der Waals surface area contributed by atoms with E-state index in [4.69, 9.17) is 0 Å². The van der Waals surface area contributed by atoms with E-state index in [0.29, 0.717) is 30.6 Å². The molecular formula is C19H31NO4S. The Kier molecular flexibility index (Phi) is 4.82. The zero-order valence-corrected chi connectivity index (χ0v) is 16.3. The largest absolute Gasteiger partial charge is 0.392 e. The van der Waals surface area contributed by atoms with Crippen LogP contribution in [0.25, 0.3) is 0 Å². The van der Waals surface area contributed by atoms with Crippen LogP contribution in [-0.2, 0) is 14.8 Å². The Labute approximate surface area is 151 Å². The van der Waals surface area contributed by atoms with Gasteiger partial charge in [-0.2, -0.15) is 0 Å². The van der Waals surface area contributed by atoms with E-state index in [9.17, 15) is 18.3 Å². The number of amides is 1. The fraction of sp³-hybridized carbons (Fsp3) is 0.842. The Morgan fingerprint density at radius 2 is 2.08 bits per heavy atom. The molecule has 1 saturated heterocycles. The third-order valence-corrected chi connectivity index (χ3v) is 8.88. The predicted octanol–water partition coefficient (Wildman–Crippen LogP) is 2.56. The molecule has 1 heterocycles. The summed E-state index contributed by atoms with van der Waals surface area (Å²) in [4.78, 5) is 13.0. The summed E-state index contributed by atoms with van der Waals surface area (Å²) >= 11 is 0. The van der Waals surface area contributed by atoms with Gasteiger partial charge in [0.05, 0.1) is 23.8 Å². The standard InChI is InChI=1S/C19H31NO4S/c1-5-6-7-15(21)13(4)18(22)20-16-10-14-8-9-19(16,11-25(20,23)24)17(14)12(2)3/h5,12-17,21H,1,6-11H2,2-4H3/t13?,14?,15-,16+,17?,19+/m1/s1. The molecule has 25 heavy (non-hydrogen) atoms. The Morgan fingerprint density at radius 1 is 1.40 bits per heavy atom. The number of allylic oxidation sites excluding steroid dienone is 1. The first kappa shape index (κ1) is 18.9. The van der Waals surface area contributed by atoms with E-state index in [1.54, 1.807) is 13.0 Å². The van der Waals surface area contributed by atoms with Crippen LogP contribution in [0.3, 0.4) is 0 Å². The minimum Gasteiger partial charge on any atom is -0.392 e. The summed E-state index contributed by atoms with van der Waals surface area (Å²) in [6.07, 6.45) is 4.68. The van der Waals surface area contributed by atoms with Gasteiger partial charge in [-0.3, -0.25) is 4.79 Å². The van der Waals surface area contributed by atoms with E-state index in [1.165, 1.54) is 4.31 Å². The molecule has 0 aromatic carbocycles. The first-order valence-electron chi connectivity index (χ1n) is 9.50. The van der Waals surface area contributed by atoms with Crippen molar-refractivity contribution < 1.29 is 18.3 Å². The van der Waals surface area contributed by atoms with Gasteiger partial charge in [-0.1, -0.05) is 26.8 Å². The molecule has 1 N–H and O–H groups in total. The van der Waals surface area contributed by atoms with Gasteiger partial charge in [-0.15, -0.1) is 6.58 Å². The molecular weight excluding hydrogens is 338 g/mol. The fourth-order valence-electron chi connectivity index (χ4n) is 6.04. The lowest BCUT2D eigenvalue weighted by Gasteiger charge is -2.35. The van der Waals surface area contributed by atoms with E-state index in [2.05, 4.69) is 20.4 Å². The van der Waals surface area contributed by atoms with Crippen LogP contribution in [0.2, 0.25) is 0 Å². The maximum absolute atomic E-state index is 13.0. The molecule has 1 spiro atoms. The zero-order valence-electron chi connectivity index (χ0n) is 15.5. The number of nitrogens with zero attached hydrogens (tertiary/aromatic N) is 1. The average Bonchev–Trinajstić information content (AvgIpc) is 3.10. The summed E-state index contributed by atoms with van der Waals surface area (Å²) < 4.78 is 27.0. The van der Waals surface area contributed by atoms with Crippen LogP contribution < -0.4 is 0 Å². The number of sulfonamides is 1. The molecule has 1 aliphatic heterocycles. The number of carbonyl (C=O) groups excluding carboxylic acids is 1. The summed E-state index contributed by atoms with van der Waals surface area (Å²) in [5, 5.41) is 10.3. The highest BCUT2D eigenvalue weighted by molar-refractivity contribution is 7.90. The van der Waals surface area contributed by atoms with E-state index in [-0.39, 0.29) is 17.2 Å². The molecule has 3 rings (SSSR count). The van der Waals surface area contributed by atoms with Crippen LogP contribution in [0.5, 0.6) is 0 Å². The SMILES string of the molecule is C=CCC[C@@H](O)C(C)C(=O)N1[C@H]2CC3CC[C@@]2(CS1(=O)=O)C3C(C)C. The summed E-state index contributed by atoms with van der Waals surface area (Å²) in [5.41, 5.74) is -0.265. The third-order valence-electron chi connectivity index (χ3n) is 6.94. The van der Waals surface area contributed by atoms with Crippen molar-refractivity contribution in [3.63, 3.8) is 0 Å². The lowest BCUT2D eigenvalue weighted by atomic mass is 9.73. The number of hydrogen-bond donors (Lipinski definition) is 1. The first-order chi connectivity index (χ1) is 11.7. The van der Waals surface area contributed by atoms with Crippen LogP contribution in [0.15, 0.2) is 12.7 Å². The van der Waals surface area contributed by atoms with Crippen molar-refractivity contribution in [1.29, 1.82) is 0 Å². The maximum Gasteiger partial charge on any atom is 0.241 e. The molecule has 142 valence electrons. The van der Waals surface area contributed by atoms with Crippen molar-refractivity contribution in [2.45, 2.75) is 65.0 Å². The Bertz CT molecular complexity index is 658. The number of hydrogen-bond acceptors (Lipinski definition) is 4. The van der Waals surface area contributed by atoms with Gasteiger partial charge in [0, 0.05) is 5.41 Å². The molecule has 3 fully saturated rings. The summed E-state index contributed by atoms with van der Waals surface area (Å²) in [6.45, 7) is 9.62. The maximum atomic E-state index is 13.0. The molecule has 2 saturated carbocycles. The molecule has 3 unspecified atom stereocenters. The van der Waals surface area contributed by atoms with Crippen LogP contribution >= 0.6 is 0 Å². The highest BCUT2D eigenvalue weighted by atomic mass is 32.2. The smallest absolute Gasteiger partial charge is 0.241 e. The molecule has 0 radical (unpaired) electrons. The molecule has 5 nitrogen and oxygen atoms in total. The molecule has 3 aliphatic rings. The fourth-order valence-corrected chi connectivity index (χ4v) is 8.52. The second kappa shape index (κ2) is 6.38. The Balaban J connectivity index is 1.88. The second-order valence-corrected chi connectivity index (χ2v) is 10.5. The molecule has 1 amide bonds. The minimum absolute atomic E-state index is 0.102. The van der Waals surface area contributed by atoms with Crippen molar-refractivity contribution >= 4 is 15.9 Å². The molecule has 2 bridgehead atoms. The van der Waals surface area contributed by atoms with E-state index in [0.717, 1.165) is 19.3 Å². The quantitative estimate of drug-likeness (QED) is 0.730. The van der Waals surface area contributed by atoms with Crippen LogP contribution in [-0.4, -0.2) is 41.6 Å². The Hall–Kier alpha value is -0.880. The van der Waals surface area contributed by atoms with Crippen LogP contribution in [0, 0.1) is 29.1 Å². The third kappa shape index (κ3) is 2.76. The molecule has 6 atom stereocenters. The summed E-state index contributed by atoms with van der Waals surface area (Å²) in [6, 6.07) is -0.204. The van der Waals surface area contributed by atoms with E-state index < -0.39 is 28.0 Å². The molecule has 2 aliphatic carbocycles. The second-order valence-electron chi connectivity index (χ2n) is 8.67. The minimum atomic E-state index is -3.60. The molecule has 0 aromatic heterocycles. The van der Waals surface area contributed by atoms with Crippen molar-refractivity contribution in [3.8, 4) is 0 Å². The van der Waals surface area contributed by atoms with Crippen LogP contribution in [0.1, 0.15) is 52.9 Å². The number of aliphatic hydroxyl groups is 1. The van der Waals surface area contributed by atoms with Gasteiger partial charge < -0.3 is 5.11 Å². The number of carbonyl (C=O) groups is 1. The lowest BCUT2D eigenvalue weighted by molar-refractivity contribution is -0.136. The average molecular weight is 370 g/mol. The highest BCUT2D eigenvalue weighted by Crippen LogP contribution is 2.65.